The Bertz CT molecular complexity index is 748. The quantitative estimate of drug-likeness (QED) is 0.812. The first-order chi connectivity index (χ1) is 12.3. The predicted octanol–water partition coefficient (Wildman–Crippen LogP) is 2.81. The number of nitrogens with zero attached hydrogens (tertiary/aromatic N) is 2. The van der Waals surface area contributed by atoms with Gasteiger partial charge in [0.15, 0.2) is 5.17 Å². The number of amides is 1. The number of ether oxygens (including phenoxy) is 1. The molecule has 2 aliphatic heterocycles. The maximum Gasteiger partial charge on any atom is 0.249 e. The summed E-state index contributed by atoms with van der Waals surface area (Å²) < 4.78 is 31.8. The van der Waals surface area contributed by atoms with E-state index in [2.05, 4.69) is 15.3 Å². The molecule has 2 fully saturated rings. The number of hydrogen-bond acceptors (Lipinski definition) is 7. The molecular weight excluding hydrogens is 382 g/mol. The number of rotatable bonds is 3. The van der Waals surface area contributed by atoms with E-state index in [1.54, 1.807) is 5.38 Å². The van der Waals surface area contributed by atoms with E-state index in [1.165, 1.54) is 23.1 Å². The minimum atomic E-state index is -2.72. The molecule has 3 heterocycles. The van der Waals surface area contributed by atoms with Crippen LogP contribution in [0.3, 0.4) is 0 Å². The summed E-state index contributed by atoms with van der Waals surface area (Å²) in [7, 11) is 0. The number of amidine groups is 1. The molecule has 0 spiro atoms. The Morgan fingerprint density at radius 3 is 2.96 bits per heavy atom. The first-order valence-corrected chi connectivity index (χ1v) is 10.4. The summed E-state index contributed by atoms with van der Waals surface area (Å²) in [5.41, 5.74) is 5.34. The van der Waals surface area contributed by atoms with Gasteiger partial charge in [0.2, 0.25) is 11.8 Å². The van der Waals surface area contributed by atoms with Gasteiger partial charge in [-0.2, -0.15) is 0 Å². The van der Waals surface area contributed by atoms with Gasteiger partial charge in [0.25, 0.3) is 0 Å². The van der Waals surface area contributed by atoms with Crippen LogP contribution in [0.2, 0.25) is 0 Å². The Morgan fingerprint density at radius 2 is 2.23 bits per heavy atom. The van der Waals surface area contributed by atoms with Gasteiger partial charge < -0.3 is 15.8 Å². The number of nitrogens with one attached hydrogen (secondary N) is 1. The van der Waals surface area contributed by atoms with Gasteiger partial charge in [-0.1, -0.05) is 11.8 Å². The molecule has 1 aliphatic carbocycles. The van der Waals surface area contributed by atoms with Crippen LogP contribution in [-0.4, -0.2) is 40.4 Å². The van der Waals surface area contributed by atoms with E-state index in [4.69, 9.17) is 10.5 Å². The zero-order valence-corrected chi connectivity index (χ0v) is 15.8. The number of fused-ring (bicyclic) bond motifs is 1. The first-order valence-electron chi connectivity index (χ1n) is 8.52. The van der Waals surface area contributed by atoms with E-state index in [9.17, 15) is 13.6 Å². The molecule has 0 radical (unpaired) electrons. The van der Waals surface area contributed by atoms with Crippen LogP contribution >= 0.6 is 23.1 Å². The molecule has 0 aromatic carbocycles. The number of thioether (sulfide) groups is 1. The number of carbonyl (C=O) groups is 1. The highest BCUT2D eigenvalue weighted by Gasteiger charge is 2.50. The highest BCUT2D eigenvalue weighted by Crippen LogP contribution is 2.47. The van der Waals surface area contributed by atoms with Crippen LogP contribution in [0.15, 0.2) is 10.4 Å². The van der Waals surface area contributed by atoms with Crippen molar-refractivity contribution in [3.63, 3.8) is 0 Å². The highest BCUT2D eigenvalue weighted by molar-refractivity contribution is 8.13. The maximum absolute atomic E-state index is 13.0. The number of thiazole rings is 1. The molecule has 10 heteroatoms. The number of aliphatic imine (C=N–C) groups is 1. The lowest BCUT2D eigenvalue weighted by atomic mass is 9.80. The van der Waals surface area contributed by atoms with Crippen molar-refractivity contribution in [2.24, 2.45) is 22.6 Å². The van der Waals surface area contributed by atoms with Gasteiger partial charge >= 0.3 is 0 Å². The lowest BCUT2D eigenvalue weighted by Gasteiger charge is -2.44. The average Bonchev–Trinajstić information content (AvgIpc) is 3.02. The van der Waals surface area contributed by atoms with Crippen molar-refractivity contribution in [2.45, 2.75) is 43.8 Å². The summed E-state index contributed by atoms with van der Waals surface area (Å²) in [5.74, 6) is -2.30. The SMILES string of the molecule is CC1CC2CSC(N)=NC2(c2nc(NC(=O)C3CC(F)(F)C3)cs2)CO1. The lowest BCUT2D eigenvalue weighted by molar-refractivity contribution is -0.145. The fraction of sp³-hybridized carbons (Fsp3) is 0.688. The molecule has 1 saturated heterocycles. The van der Waals surface area contributed by atoms with Crippen LogP contribution in [0.25, 0.3) is 0 Å². The second kappa shape index (κ2) is 6.42. The smallest absolute Gasteiger partial charge is 0.249 e. The Hall–Kier alpha value is -1.26. The zero-order valence-electron chi connectivity index (χ0n) is 14.2. The standard InChI is InChI=1S/C16H20F2N4O2S2/c1-8-2-10-5-26-14(19)22-16(10,7-24-8)13-21-11(6-25-13)20-12(23)9-3-15(17,18)4-9/h6,8-10H,2-5,7H2,1H3,(H2,19,22)(H,20,23). The third kappa shape index (κ3) is 3.22. The third-order valence-electron chi connectivity index (χ3n) is 5.21. The second-order valence-electron chi connectivity index (χ2n) is 7.23. The largest absolute Gasteiger partial charge is 0.379 e. The van der Waals surface area contributed by atoms with Crippen LogP contribution < -0.4 is 11.1 Å². The van der Waals surface area contributed by atoms with E-state index >= 15 is 0 Å². The summed E-state index contributed by atoms with van der Waals surface area (Å²) in [5, 5.41) is 5.63. The van der Waals surface area contributed by atoms with Crippen molar-refractivity contribution in [2.75, 3.05) is 17.7 Å². The molecule has 26 heavy (non-hydrogen) atoms. The molecule has 1 amide bonds. The van der Waals surface area contributed by atoms with Crippen LogP contribution in [-0.2, 0) is 15.1 Å². The monoisotopic (exact) mass is 402 g/mol. The number of hydrogen-bond donors (Lipinski definition) is 2. The van der Waals surface area contributed by atoms with Crippen molar-refractivity contribution in [3.8, 4) is 0 Å². The van der Waals surface area contributed by atoms with Gasteiger partial charge in [-0.15, -0.1) is 11.3 Å². The molecule has 4 rings (SSSR count). The Kier molecular flexibility index (Phi) is 4.47. The van der Waals surface area contributed by atoms with Crippen LogP contribution in [0.5, 0.6) is 0 Å². The Balaban J connectivity index is 1.53. The number of anilines is 1. The summed E-state index contributed by atoms with van der Waals surface area (Å²) >= 11 is 2.93. The van der Waals surface area contributed by atoms with Crippen molar-refractivity contribution in [3.05, 3.63) is 10.4 Å². The van der Waals surface area contributed by atoms with Gasteiger partial charge in [-0.05, 0) is 13.3 Å². The molecule has 1 aromatic heterocycles. The normalized spacial score (nSPS) is 33.7. The Morgan fingerprint density at radius 1 is 1.46 bits per heavy atom. The molecule has 1 saturated carbocycles. The molecule has 3 unspecified atom stereocenters. The van der Waals surface area contributed by atoms with Gasteiger partial charge in [-0.3, -0.25) is 4.79 Å². The molecule has 3 N–H and O–H groups in total. The van der Waals surface area contributed by atoms with E-state index in [1.807, 2.05) is 6.92 Å². The van der Waals surface area contributed by atoms with Crippen molar-refractivity contribution >= 4 is 40.0 Å². The minimum absolute atomic E-state index is 0.155. The summed E-state index contributed by atoms with van der Waals surface area (Å²) in [6, 6.07) is 0. The molecule has 0 bridgehead atoms. The van der Waals surface area contributed by atoms with Crippen molar-refractivity contribution in [1.82, 2.24) is 4.98 Å². The fourth-order valence-electron chi connectivity index (χ4n) is 3.68. The predicted molar refractivity (Wildman–Crippen MR) is 97.7 cm³/mol. The van der Waals surface area contributed by atoms with Gasteiger partial charge in [0.05, 0.1) is 12.7 Å². The van der Waals surface area contributed by atoms with Crippen LogP contribution in [0.1, 0.15) is 31.2 Å². The summed E-state index contributed by atoms with van der Waals surface area (Å²) in [6.45, 7) is 2.44. The van der Waals surface area contributed by atoms with E-state index in [-0.39, 0.29) is 12.0 Å². The molecule has 6 nitrogen and oxygen atoms in total. The second-order valence-corrected chi connectivity index (χ2v) is 9.13. The van der Waals surface area contributed by atoms with Crippen molar-refractivity contribution in [1.29, 1.82) is 0 Å². The van der Waals surface area contributed by atoms with Gasteiger partial charge in [0.1, 0.15) is 16.4 Å². The van der Waals surface area contributed by atoms with Crippen molar-refractivity contribution < 1.29 is 18.3 Å². The fourth-order valence-corrected chi connectivity index (χ4v) is 5.66. The molecule has 142 valence electrons. The lowest BCUT2D eigenvalue weighted by Crippen LogP contribution is -2.49. The first kappa shape index (κ1) is 18.1. The zero-order chi connectivity index (χ0) is 18.5. The van der Waals surface area contributed by atoms with Crippen LogP contribution in [0.4, 0.5) is 14.6 Å². The molecular formula is C16H20F2N4O2S2. The van der Waals surface area contributed by atoms with E-state index in [0.717, 1.165) is 17.2 Å². The van der Waals surface area contributed by atoms with E-state index < -0.39 is 36.1 Å². The number of nitrogens with two attached hydrogens (primary N) is 1. The number of halogens is 2. The molecule has 3 aliphatic rings. The number of carbonyl (C=O) groups excluding carboxylic acids is 1. The third-order valence-corrected chi connectivity index (χ3v) is 7.17. The van der Waals surface area contributed by atoms with Gasteiger partial charge in [0, 0.05) is 35.8 Å². The average molecular weight is 402 g/mol. The maximum atomic E-state index is 13.0. The van der Waals surface area contributed by atoms with Crippen LogP contribution in [0, 0.1) is 11.8 Å². The highest BCUT2D eigenvalue weighted by atomic mass is 32.2. The minimum Gasteiger partial charge on any atom is -0.379 e. The summed E-state index contributed by atoms with van der Waals surface area (Å²) in [6.07, 6.45) is 0.224. The Labute approximate surface area is 158 Å². The van der Waals surface area contributed by atoms with Gasteiger partial charge in [-0.25, -0.2) is 18.8 Å². The van der Waals surface area contributed by atoms with E-state index in [0.29, 0.717) is 17.6 Å². The topological polar surface area (TPSA) is 89.6 Å². The number of alkyl halides is 2. The number of aromatic nitrogens is 1. The molecule has 1 aromatic rings. The molecule has 3 atom stereocenters. The summed E-state index contributed by atoms with van der Waals surface area (Å²) in [4.78, 5) is 21.3.